The van der Waals surface area contributed by atoms with Crippen molar-refractivity contribution in [2.75, 3.05) is 27.9 Å². The lowest BCUT2D eigenvalue weighted by molar-refractivity contribution is 0.174. The normalized spacial score (nSPS) is 11.9. The van der Waals surface area contributed by atoms with Gasteiger partial charge in [-0.25, -0.2) is 4.39 Å². The van der Waals surface area contributed by atoms with Crippen molar-refractivity contribution in [3.63, 3.8) is 0 Å². The second-order valence-electron chi connectivity index (χ2n) is 5.22. The highest BCUT2D eigenvalue weighted by atomic mass is 19.1. The van der Waals surface area contributed by atoms with Crippen LogP contribution in [0.1, 0.15) is 17.2 Å². The summed E-state index contributed by atoms with van der Waals surface area (Å²) in [6, 6.07) is 9.50. The summed E-state index contributed by atoms with van der Waals surface area (Å²) in [6.45, 7) is 0.733. The first-order valence-corrected chi connectivity index (χ1v) is 7.52. The fourth-order valence-corrected chi connectivity index (χ4v) is 2.41. The number of hydrogen-bond acceptors (Lipinski definition) is 5. The number of aliphatic hydroxyl groups excluding tert-OH is 1. The Balaban J connectivity index is 2.03. The van der Waals surface area contributed by atoms with Gasteiger partial charge in [-0.05, 0) is 23.8 Å². The molecule has 0 bridgehead atoms. The van der Waals surface area contributed by atoms with Crippen molar-refractivity contribution in [3.05, 3.63) is 53.3 Å². The fraction of sp³-hybridized carbons (Fsp3) is 0.333. The predicted octanol–water partition coefficient (Wildman–Crippen LogP) is 2.67. The van der Waals surface area contributed by atoms with Crippen molar-refractivity contribution < 1.29 is 23.7 Å². The molecule has 0 radical (unpaired) electrons. The molecule has 0 aliphatic heterocycles. The molecule has 0 saturated heterocycles. The van der Waals surface area contributed by atoms with E-state index in [1.807, 2.05) is 6.07 Å². The van der Waals surface area contributed by atoms with Crippen molar-refractivity contribution >= 4 is 0 Å². The molecule has 6 heteroatoms. The standard InChI is InChI=1S/C18H22FNO4/c1-22-16-9-18(24-3)17(23-2)8-13(16)10-20-11-15(21)12-5-4-6-14(19)7-12/h4-9,15,20-21H,10-11H2,1-3H3. The van der Waals surface area contributed by atoms with E-state index in [1.54, 1.807) is 39.5 Å². The third-order valence-electron chi connectivity index (χ3n) is 3.67. The molecule has 0 amide bonds. The smallest absolute Gasteiger partial charge is 0.164 e. The van der Waals surface area contributed by atoms with Crippen LogP contribution in [0.15, 0.2) is 36.4 Å². The van der Waals surface area contributed by atoms with Crippen molar-refractivity contribution in [2.24, 2.45) is 0 Å². The molecule has 0 aromatic heterocycles. The molecule has 0 aliphatic rings. The number of hydrogen-bond donors (Lipinski definition) is 2. The maximum absolute atomic E-state index is 13.2. The van der Waals surface area contributed by atoms with Gasteiger partial charge in [-0.3, -0.25) is 0 Å². The van der Waals surface area contributed by atoms with Crippen LogP contribution in [-0.2, 0) is 6.54 Å². The van der Waals surface area contributed by atoms with Gasteiger partial charge < -0.3 is 24.6 Å². The van der Waals surface area contributed by atoms with Crippen LogP contribution in [0.2, 0.25) is 0 Å². The van der Waals surface area contributed by atoms with E-state index in [4.69, 9.17) is 14.2 Å². The minimum absolute atomic E-state index is 0.279. The highest BCUT2D eigenvalue weighted by Gasteiger charge is 2.13. The van der Waals surface area contributed by atoms with Crippen LogP contribution in [0.5, 0.6) is 17.2 Å². The van der Waals surface area contributed by atoms with E-state index in [2.05, 4.69) is 5.32 Å². The van der Waals surface area contributed by atoms with Gasteiger partial charge in [0, 0.05) is 24.7 Å². The van der Waals surface area contributed by atoms with Gasteiger partial charge >= 0.3 is 0 Å². The molecule has 0 heterocycles. The summed E-state index contributed by atoms with van der Waals surface area (Å²) in [5.41, 5.74) is 1.39. The maximum Gasteiger partial charge on any atom is 0.164 e. The summed E-state index contributed by atoms with van der Waals surface area (Å²) in [6.07, 6.45) is -0.799. The quantitative estimate of drug-likeness (QED) is 0.777. The second-order valence-corrected chi connectivity index (χ2v) is 5.22. The Morgan fingerprint density at radius 2 is 1.67 bits per heavy atom. The zero-order chi connectivity index (χ0) is 17.5. The molecule has 130 valence electrons. The van der Waals surface area contributed by atoms with Crippen molar-refractivity contribution in [3.8, 4) is 17.2 Å². The van der Waals surface area contributed by atoms with E-state index >= 15 is 0 Å². The zero-order valence-electron chi connectivity index (χ0n) is 14.0. The number of rotatable bonds is 8. The van der Waals surface area contributed by atoms with Gasteiger partial charge in [0.1, 0.15) is 11.6 Å². The van der Waals surface area contributed by atoms with Crippen LogP contribution in [0.3, 0.4) is 0 Å². The Labute approximate surface area is 141 Å². The van der Waals surface area contributed by atoms with E-state index < -0.39 is 6.10 Å². The first-order valence-electron chi connectivity index (χ1n) is 7.52. The molecule has 2 aromatic carbocycles. The Hall–Kier alpha value is -2.31. The molecule has 2 rings (SSSR count). The largest absolute Gasteiger partial charge is 0.496 e. The number of methoxy groups -OCH3 is 3. The summed E-state index contributed by atoms with van der Waals surface area (Å²) in [7, 11) is 4.70. The van der Waals surface area contributed by atoms with Gasteiger partial charge in [0.15, 0.2) is 11.5 Å². The molecule has 5 nitrogen and oxygen atoms in total. The summed E-state index contributed by atoms with van der Waals surface area (Å²) in [5.74, 6) is 1.46. The van der Waals surface area contributed by atoms with Gasteiger partial charge in [-0.2, -0.15) is 0 Å². The lowest BCUT2D eigenvalue weighted by Crippen LogP contribution is -2.21. The van der Waals surface area contributed by atoms with Crippen LogP contribution in [0, 0.1) is 5.82 Å². The lowest BCUT2D eigenvalue weighted by Gasteiger charge is -2.16. The number of nitrogens with one attached hydrogen (secondary N) is 1. The van der Waals surface area contributed by atoms with Crippen LogP contribution < -0.4 is 19.5 Å². The lowest BCUT2D eigenvalue weighted by atomic mass is 10.1. The molecule has 2 aromatic rings. The third kappa shape index (κ3) is 4.37. The van der Waals surface area contributed by atoms with Gasteiger partial charge in [-0.15, -0.1) is 0 Å². The highest BCUT2D eigenvalue weighted by molar-refractivity contribution is 5.50. The topological polar surface area (TPSA) is 60.0 Å². The average Bonchev–Trinajstić information content (AvgIpc) is 2.61. The molecular formula is C18H22FNO4. The number of halogens is 1. The molecule has 0 aliphatic carbocycles. The average molecular weight is 335 g/mol. The van der Waals surface area contributed by atoms with Gasteiger partial charge in [-0.1, -0.05) is 12.1 Å². The van der Waals surface area contributed by atoms with Gasteiger partial charge in [0.2, 0.25) is 0 Å². The molecular weight excluding hydrogens is 313 g/mol. The minimum atomic E-state index is -0.799. The molecule has 2 N–H and O–H groups in total. The van der Waals surface area contributed by atoms with Crippen LogP contribution in [0.25, 0.3) is 0 Å². The van der Waals surface area contributed by atoms with E-state index in [9.17, 15) is 9.50 Å². The predicted molar refractivity (Wildman–Crippen MR) is 89.2 cm³/mol. The van der Waals surface area contributed by atoms with Crippen LogP contribution in [-0.4, -0.2) is 33.0 Å². The highest BCUT2D eigenvalue weighted by Crippen LogP contribution is 2.34. The summed E-state index contributed by atoms with van der Waals surface area (Å²) >= 11 is 0. The van der Waals surface area contributed by atoms with Crippen LogP contribution >= 0.6 is 0 Å². The van der Waals surface area contributed by atoms with E-state index in [-0.39, 0.29) is 12.4 Å². The number of benzene rings is 2. The van der Waals surface area contributed by atoms with E-state index in [0.717, 1.165) is 5.56 Å². The summed E-state index contributed by atoms with van der Waals surface area (Å²) in [4.78, 5) is 0. The molecule has 1 unspecified atom stereocenters. The van der Waals surface area contributed by atoms with Gasteiger partial charge in [0.05, 0.1) is 27.4 Å². The Morgan fingerprint density at radius 3 is 2.29 bits per heavy atom. The maximum atomic E-state index is 13.2. The zero-order valence-corrected chi connectivity index (χ0v) is 14.0. The molecule has 0 saturated carbocycles. The summed E-state index contributed by atoms with van der Waals surface area (Å²) < 4.78 is 29.1. The molecule has 0 fully saturated rings. The fourth-order valence-electron chi connectivity index (χ4n) is 2.41. The number of ether oxygens (including phenoxy) is 3. The van der Waals surface area contributed by atoms with Crippen molar-refractivity contribution in [1.82, 2.24) is 5.32 Å². The Kier molecular flexibility index (Phi) is 6.40. The van der Waals surface area contributed by atoms with Gasteiger partial charge in [0.25, 0.3) is 0 Å². The van der Waals surface area contributed by atoms with Crippen LogP contribution in [0.4, 0.5) is 4.39 Å². The minimum Gasteiger partial charge on any atom is -0.496 e. The molecule has 24 heavy (non-hydrogen) atoms. The van der Waals surface area contributed by atoms with Crippen molar-refractivity contribution in [2.45, 2.75) is 12.6 Å². The Bertz CT molecular complexity index is 678. The summed E-state index contributed by atoms with van der Waals surface area (Å²) in [5, 5.41) is 13.3. The SMILES string of the molecule is COc1cc(OC)c(OC)cc1CNCC(O)c1cccc(F)c1. The molecule has 1 atom stereocenters. The molecule has 0 spiro atoms. The number of aliphatic hydroxyl groups is 1. The second kappa shape index (κ2) is 8.52. The third-order valence-corrected chi connectivity index (χ3v) is 3.67. The Morgan fingerprint density at radius 1 is 1.00 bits per heavy atom. The first kappa shape index (κ1) is 18.0. The first-order chi connectivity index (χ1) is 11.6. The van der Waals surface area contributed by atoms with Crippen molar-refractivity contribution in [1.29, 1.82) is 0 Å². The van der Waals surface area contributed by atoms with E-state index in [1.165, 1.54) is 12.1 Å². The van der Waals surface area contributed by atoms with E-state index in [0.29, 0.717) is 29.4 Å². The monoisotopic (exact) mass is 335 g/mol.